The molecule has 0 spiro atoms. The van der Waals surface area contributed by atoms with Crippen LogP contribution in [0.15, 0.2) is 24.3 Å². The largest absolute Gasteiger partial charge is 0.328 e. The zero-order chi connectivity index (χ0) is 13.1. The SMILES string of the molecule is CCn1c(CCC2CCCCN2)nc2ccccc21. The predicted molar refractivity (Wildman–Crippen MR) is 79.4 cm³/mol. The first-order chi connectivity index (χ1) is 9.38. The van der Waals surface area contributed by atoms with Crippen molar-refractivity contribution in [2.45, 2.75) is 51.6 Å². The number of aryl methyl sites for hydroxylation is 2. The summed E-state index contributed by atoms with van der Waals surface area (Å²) in [5.41, 5.74) is 2.41. The number of hydrogen-bond acceptors (Lipinski definition) is 2. The molecule has 0 bridgehead atoms. The zero-order valence-electron chi connectivity index (χ0n) is 11.7. The van der Waals surface area contributed by atoms with Crippen LogP contribution >= 0.6 is 0 Å². The van der Waals surface area contributed by atoms with E-state index in [0.717, 1.165) is 18.5 Å². The highest BCUT2D eigenvalue weighted by molar-refractivity contribution is 5.75. The van der Waals surface area contributed by atoms with Crippen LogP contribution in [-0.4, -0.2) is 22.1 Å². The monoisotopic (exact) mass is 257 g/mol. The van der Waals surface area contributed by atoms with Gasteiger partial charge < -0.3 is 9.88 Å². The zero-order valence-corrected chi connectivity index (χ0v) is 11.7. The maximum absolute atomic E-state index is 4.80. The van der Waals surface area contributed by atoms with Gasteiger partial charge in [-0.05, 0) is 44.9 Å². The molecule has 19 heavy (non-hydrogen) atoms. The summed E-state index contributed by atoms with van der Waals surface area (Å²) in [4.78, 5) is 4.80. The van der Waals surface area contributed by atoms with Gasteiger partial charge in [-0.1, -0.05) is 18.6 Å². The van der Waals surface area contributed by atoms with Gasteiger partial charge in [0.1, 0.15) is 5.82 Å². The second-order valence-electron chi connectivity index (χ2n) is 5.45. The molecule has 3 nitrogen and oxygen atoms in total. The molecular weight excluding hydrogens is 234 g/mol. The number of para-hydroxylation sites is 2. The number of nitrogens with zero attached hydrogens (tertiary/aromatic N) is 2. The van der Waals surface area contributed by atoms with Crippen LogP contribution in [0.3, 0.4) is 0 Å². The Morgan fingerprint density at radius 2 is 2.21 bits per heavy atom. The molecule has 1 N–H and O–H groups in total. The first kappa shape index (κ1) is 12.7. The van der Waals surface area contributed by atoms with E-state index in [1.165, 1.54) is 43.6 Å². The summed E-state index contributed by atoms with van der Waals surface area (Å²) in [5, 5.41) is 3.62. The Kier molecular flexibility index (Phi) is 3.83. The van der Waals surface area contributed by atoms with Crippen molar-refractivity contribution in [2.75, 3.05) is 6.54 Å². The highest BCUT2D eigenvalue weighted by Crippen LogP contribution is 2.19. The van der Waals surface area contributed by atoms with Gasteiger partial charge in [0.25, 0.3) is 0 Å². The van der Waals surface area contributed by atoms with E-state index in [1.807, 2.05) is 0 Å². The van der Waals surface area contributed by atoms with Crippen LogP contribution in [0, 0.1) is 0 Å². The number of benzene rings is 1. The molecule has 0 radical (unpaired) electrons. The molecule has 3 rings (SSSR count). The first-order valence-electron chi connectivity index (χ1n) is 7.56. The van der Waals surface area contributed by atoms with Crippen molar-refractivity contribution >= 4 is 11.0 Å². The number of imidazole rings is 1. The van der Waals surface area contributed by atoms with Crippen LogP contribution in [0.2, 0.25) is 0 Å². The van der Waals surface area contributed by atoms with E-state index in [-0.39, 0.29) is 0 Å². The van der Waals surface area contributed by atoms with Gasteiger partial charge in [-0.25, -0.2) is 4.98 Å². The highest BCUT2D eigenvalue weighted by Gasteiger charge is 2.15. The highest BCUT2D eigenvalue weighted by atomic mass is 15.1. The third-order valence-corrected chi connectivity index (χ3v) is 4.18. The van der Waals surface area contributed by atoms with Crippen LogP contribution in [0.25, 0.3) is 11.0 Å². The summed E-state index contributed by atoms with van der Waals surface area (Å²) in [5.74, 6) is 1.25. The Morgan fingerprint density at radius 1 is 1.32 bits per heavy atom. The predicted octanol–water partition coefficient (Wildman–Crippen LogP) is 3.13. The molecule has 0 aliphatic carbocycles. The van der Waals surface area contributed by atoms with Crippen molar-refractivity contribution in [1.29, 1.82) is 0 Å². The molecule has 1 fully saturated rings. The topological polar surface area (TPSA) is 29.9 Å². The van der Waals surface area contributed by atoms with Gasteiger partial charge in [-0.2, -0.15) is 0 Å². The summed E-state index contributed by atoms with van der Waals surface area (Å²) < 4.78 is 2.36. The van der Waals surface area contributed by atoms with Crippen molar-refractivity contribution in [2.24, 2.45) is 0 Å². The Morgan fingerprint density at radius 3 is 3.00 bits per heavy atom. The van der Waals surface area contributed by atoms with E-state index in [4.69, 9.17) is 4.98 Å². The smallest absolute Gasteiger partial charge is 0.109 e. The van der Waals surface area contributed by atoms with Crippen molar-refractivity contribution < 1.29 is 0 Å². The molecule has 2 heterocycles. The Balaban J connectivity index is 1.76. The van der Waals surface area contributed by atoms with Gasteiger partial charge in [0, 0.05) is 19.0 Å². The average Bonchev–Trinajstić information content (AvgIpc) is 2.83. The lowest BCUT2D eigenvalue weighted by atomic mass is 10.0. The molecule has 0 saturated carbocycles. The first-order valence-corrected chi connectivity index (χ1v) is 7.56. The summed E-state index contributed by atoms with van der Waals surface area (Å²) in [6.07, 6.45) is 6.34. The summed E-state index contributed by atoms with van der Waals surface area (Å²) in [6, 6.07) is 9.15. The Hall–Kier alpha value is -1.35. The number of nitrogens with one attached hydrogen (secondary N) is 1. The van der Waals surface area contributed by atoms with Gasteiger partial charge >= 0.3 is 0 Å². The molecule has 1 aromatic carbocycles. The normalized spacial score (nSPS) is 19.9. The van der Waals surface area contributed by atoms with E-state index in [2.05, 4.69) is 41.1 Å². The minimum atomic E-state index is 0.693. The number of rotatable bonds is 4. The molecular formula is C16H23N3. The van der Waals surface area contributed by atoms with Crippen LogP contribution in [-0.2, 0) is 13.0 Å². The molecule has 2 aromatic rings. The summed E-state index contributed by atoms with van der Waals surface area (Å²) in [7, 11) is 0. The van der Waals surface area contributed by atoms with Crippen LogP contribution in [0.5, 0.6) is 0 Å². The molecule has 3 heteroatoms. The van der Waals surface area contributed by atoms with E-state index < -0.39 is 0 Å². The molecule has 1 atom stereocenters. The fourth-order valence-electron chi connectivity index (χ4n) is 3.14. The van der Waals surface area contributed by atoms with Crippen molar-refractivity contribution in [3.05, 3.63) is 30.1 Å². The minimum Gasteiger partial charge on any atom is -0.328 e. The van der Waals surface area contributed by atoms with Gasteiger partial charge in [-0.3, -0.25) is 0 Å². The number of hydrogen-bond donors (Lipinski definition) is 1. The molecule has 0 amide bonds. The molecule has 102 valence electrons. The maximum atomic E-state index is 4.80. The summed E-state index contributed by atoms with van der Waals surface area (Å²) in [6.45, 7) is 4.40. The van der Waals surface area contributed by atoms with Gasteiger partial charge in [0.2, 0.25) is 0 Å². The molecule has 1 unspecified atom stereocenters. The lowest BCUT2D eigenvalue weighted by Gasteiger charge is -2.23. The standard InChI is InChI=1S/C16H23N3/c1-2-19-15-9-4-3-8-14(15)18-16(19)11-10-13-7-5-6-12-17-13/h3-4,8-9,13,17H,2,5-7,10-12H2,1H3. The molecule has 1 aromatic heterocycles. The van der Waals surface area contributed by atoms with E-state index in [1.54, 1.807) is 0 Å². The number of piperidine rings is 1. The lowest BCUT2D eigenvalue weighted by Crippen LogP contribution is -2.34. The molecule has 1 aliphatic heterocycles. The molecule has 1 aliphatic rings. The summed E-state index contributed by atoms with van der Waals surface area (Å²) >= 11 is 0. The fourth-order valence-corrected chi connectivity index (χ4v) is 3.14. The average molecular weight is 257 g/mol. The Labute approximate surface area is 115 Å². The number of aromatic nitrogens is 2. The Bertz CT molecular complexity index is 538. The van der Waals surface area contributed by atoms with Crippen molar-refractivity contribution in [3.8, 4) is 0 Å². The van der Waals surface area contributed by atoms with Gasteiger partial charge in [0.15, 0.2) is 0 Å². The van der Waals surface area contributed by atoms with Gasteiger partial charge in [0.05, 0.1) is 11.0 Å². The third-order valence-electron chi connectivity index (χ3n) is 4.18. The molecule has 1 saturated heterocycles. The third kappa shape index (κ3) is 2.66. The van der Waals surface area contributed by atoms with E-state index in [0.29, 0.717) is 6.04 Å². The van der Waals surface area contributed by atoms with E-state index >= 15 is 0 Å². The van der Waals surface area contributed by atoms with Crippen molar-refractivity contribution in [3.63, 3.8) is 0 Å². The van der Waals surface area contributed by atoms with Crippen molar-refractivity contribution in [1.82, 2.24) is 14.9 Å². The minimum absolute atomic E-state index is 0.693. The van der Waals surface area contributed by atoms with Crippen LogP contribution in [0.4, 0.5) is 0 Å². The van der Waals surface area contributed by atoms with E-state index in [9.17, 15) is 0 Å². The lowest BCUT2D eigenvalue weighted by molar-refractivity contribution is 0.379. The second-order valence-corrected chi connectivity index (χ2v) is 5.45. The second kappa shape index (κ2) is 5.74. The maximum Gasteiger partial charge on any atom is 0.109 e. The fraction of sp³-hybridized carbons (Fsp3) is 0.562. The van der Waals surface area contributed by atoms with Crippen LogP contribution < -0.4 is 5.32 Å². The van der Waals surface area contributed by atoms with Gasteiger partial charge in [-0.15, -0.1) is 0 Å². The number of fused-ring (bicyclic) bond motifs is 1. The quantitative estimate of drug-likeness (QED) is 0.912. The van der Waals surface area contributed by atoms with Crippen LogP contribution in [0.1, 0.15) is 38.4 Å².